The molecule has 7 heteroatoms. The minimum atomic E-state index is -0.554. The zero-order valence-electron chi connectivity index (χ0n) is 21.0. The summed E-state index contributed by atoms with van der Waals surface area (Å²) >= 11 is 11.8. The molecule has 36 heavy (non-hydrogen) atoms. The molecular formula is C29H29Cl2FN2O2. The van der Waals surface area contributed by atoms with Gasteiger partial charge in [0.1, 0.15) is 5.82 Å². The SMILES string of the molecule is CC.CC(=O)c1c(C)cc(=O)n(Cc2cccnc2)c1-c1cc(Cl)ccc1F.Cc1ccccc1Cl. The third kappa shape index (κ3) is 7.36. The van der Waals surface area contributed by atoms with E-state index in [1.807, 2.05) is 51.1 Å². The Morgan fingerprint density at radius 3 is 2.22 bits per heavy atom. The van der Waals surface area contributed by atoms with Crippen molar-refractivity contribution >= 4 is 29.0 Å². The molecule has 0 radical (unpaired) electrons. The summed E-state index contributed by atoms with van der Waals surface area (Å²) in [7, 11) is 0. The number of rotatable bonds is 4. The van der Waals surface area contributed by atoms with Crippen LogP contribution in [0.3, 0.4) is 0 Å². The average Bonchev–Trinajstić information content (AvgIpc) is 2.86. The number of carbonyl (C=O) groups excluding carboxylic acids is 1. The number of carbonyl (C=O) groups is 1. The molecule has 4 nitrogen and oxygen atoms in total. The number of nitrogens with zero attached hydrogens (tertiary/aromatic N) is 2. The highest BCUT2D eigenvalue weighted by atomic mass is 35.5. The molecule has 4 rings (SSSR count). The summed E-state index contributed by atoms with van der Waals surface area (Å²) in [5, 5.41) is 1.16. The second-order valence-electron chi connectivity index (χ2n) is 7.77. The molecule has 0 saturated carbocycles. The number of Topliss-reactive ketones (excluding diaryl/α,β-unsaturated/α-hetero) is 1. The van der Waals surface area contributed by atoms with Crippen LogP contribution < -0.4 is 5.56 Å². The second-order valence-corrected chi connectivity index (χ2v) is 8.61. The summed E-state index contributed by atoms with van der Waals surface area (Å²) in [5.41, 5.74) is 2.71. The van der Waals surface area contributed by atoms with Crippen molar-refractivity contribution < 1.29 is 9.18 Å². The fraction of sp³-hybridized carbons (Fsp3) is 0.207. The molecule has 0 atom stereocenters. The van der Waals surface area contributed by atoms with Crippen LogP contribution in [0.15, 0.2) is 77.9 Å². The van der Waals surface area contributed by atoms with Crippen molar-refractivity contribution in [3.63, 3.8) is 0 Å². The first-order chi connectivity index (χ1) is 17.2. The minimum absolute atomic E-state index is 0.118. The van der Waals surface area contributed by atoms with E-state index < -0.39 is 5.82 Å². The van der Waals surface area contributed by atoms with E-state index in [0.29, 0.717) is 16.1 Å². The van der Waals surface area contributed by atoms with E-state index in [1.165, 1.54) is 35.8 Å². The predicted molar refractivity (Wildman–Crippen MR) is 147 cm³/mol. The van der Waals surface area contributed by atoms with Crippen LogP contribution in [0.25, 0.3) is 11.3 Å². The summed E-state index contributed by atoms with van der Waals surface area (Å²) in [4.78, 5) is 29.0. The zero-order valence-corrected chi connectivity index (χ0v) is 22.5. The Hall–Kier alpha value is -3.28. The molecule has 0 fully saturated rings. The molecule has 2 heterocycles. The number of hydrogen-bond acceptors (Lipinski definition) is 3. The van der Waals surface area contributed by atoms with Crippen LogP contribution in [-0.4, -0.2) is 15.3 Å². The van der Waals surface area contributed by atoms with Gasteiger partial charge in [0.15, 0.2) is 5.78 Å². The van der Waals surface area contributed by atoms with Crippen molar-refractivity contribution in [3.05, 3.63) is 122 Å². The summed E-state index contributed by atoms with van der Waals surface area (Å²) in [6.45, 7) is 9.21. The molecule has 0 unspecified atom stereocenters. The molecule has 0 aliphatic heterocycles. The maximum atomic E-state index is 14.6. The third-order valence-electron chi connectivity index (χ3n) is 5.18. The predicted octanol–water partition coefficient (Wildman–Crippen LogP) is 7.94. The third-order valence-corrected chi connectivity index (χ3v) is 5.84. The van der Waals surface area contributed by atoms with E-state index in [2.05, 4.69) is 4.98 Å². The van der Waals surface area contributed by atoms with Gasteiger partial charge >= 0.3 is 0 Å². The quantitative estimate of drug-likeness (QED) is 0.253. The lowest BCUT2D eigenvalue weighted by Gasteiger charge is -2.19. The average molecular weight is 527 g/mol. The lowest BCUT2D eigenvalue weighted by Crippen LogP contribution is -2.25. The van der Waals surface area contributed by atoms with E-state index in [9.17, 15) is 14.0 Å². The summed E-state index contributed by atoms with van der Waals surface area (Å²) in [5.74, 6) is -0.807. The number of benzene rings is 2. The monoisotopic (exact) mass is 526 g/mol. The van der Waals surface area contributed by atoms with Gasteiger partial charge in [0.25, 0.3) is 5.56 Å². The first-order valence-electron chi connectivity index (χ1n) is 11.5. The molecule has 0 aliphatic rings. The van der Waals surface area contributed by atoms with Crippen LogP contribution in [0.1, 0.15) is 47.8 Å². The van der Waals surface area contributed by atoms with Crippen LogP contribution in [0.5, 0.6) is 0 Å². The van der Waals surface area contributed by atoms with Crippen molar-refractivity contribution in [2.45, 2.75) is 41.2 Å². The molecule has 0 spiro atoms. The van der Waals surface area contributed by atoms with Gasteiger partial charge in [-0.15, -0.1) is 0 Å². The van der Waals surface area contributed by atoms with E-state index in [4.69, 9.17) is 23.2 Å². The molecule has 0 aliphatic carbocycles. The van der Waals surface area contributed by atoms with Crippen molar-refractivity contribution in [2.75, 3.05) is 0 Å². The van der Waals surface area contributed by atoms with Gasteiger partial charge in [0.05, 0.1) is 12.2 Å². The van der Waals surface area contributed by atoms with Gasteiger partial charge in [0, 0.05) is 39.6 Å². The number of ketones is 1. The van der Waals surface area contributed by atoms with Crippen LogP contribution in [0, 0.1) is 19.7 Å². The first-order valence-corrected chi connectivity index (χ1v) is 12.3. The van der Waals surface area contributed by atoms with Gasteiger partial charge < -0.3 is 4.57 Å². The maximum absolute atomic E-state index is 14.6. The topological polar surface area (TPSA) is 52.0 Å². The Morgan fingerprint density at radius 1 is 0.972 bits per heavy atom. The van der Waals surface area contributed by atoms with Gasteiger partial charge in [0.2, 0.25) is 0 Å². The van der Waals surface area contributed by atoms with Crippen LogP contribution in [0.2, 0.25) is 10.0 Å². The lowest BCUT2D eigenvalue weighted by molar-refractivity contribution is 0.101. The number of pyridine rings is 2. The Morgan fingerprint density at radius 2 is 1.67 bits per heavy atom. The summed E-state index contributed by atoms with van der Waals surface area (Å²) < 4.78 is 16.0. The fourth-order valence-electron chi connectivity index (χ4n) is 3.55. The molecule has 0 amide bonds. The highest BCUT2D eigenvalue weighted by Crippen LogP contribution is 2.30. The minimum Gasteiger partial charge on any atom is -0.303 e. The van der Waals surface area contributed by atoms with Crippen molar-refractivity contribution in [3.8, 4) is 11.3 Å². The van der Waals surface area contributed by atoms with Gasteiger partial charge in [-0.05, 0) is 67.8 Å². The van der Waals surface area contributed by atoms with Gasteiger partial charge in [-0.1, -0.05) is 61.3 Å². The van der Waals surface area contributed by atoms with Crippen molar-refractivity contribution in [1.29, 1.82) is 0 Å². The second kappa shape index (κ2) is 13.7. The van der Waals surface area contributed by atoms with Crippen LogP contribution in [0.4, 0.5) is 4.39 Å². The van der Waals surface area contributed by atoms with Gasteiger partial charge in [-0.25, -0.2) is 4.39 Å². The number of hydrogen-bond donors (Lipinski definition) is 0. The van der Waals surface area contributed by atoms with Gasteiger partial charge in [-0.2, -0.15) is 0 Å². The first kappa shape index (κ1) is 29.0. The van der Waals surface area contributed by atoms with E-state index in [0.717, 1.165) is 16.1 Å². The molecule has 188 valence electrons. The van der Waals surface area contributed by atoms with Crippen molar-refractivity contribution in [2.24, 2.45) is 0 Å². The lowest BCUT2D eigenvalue weighted by atomic mass is 9.97. The Labute approximate surface area is 221 Å². The molecule has 2 aromatic carbocycles. The highest BCUT2D eigenvalue weighted by molar-refractivity contribution is 6.31. The van der Waals surface area contributed by atoms with E-state index in [-0.39, 0.29) is 29.1 Å². The van der Waals surface area contributed by atoms with Crippen molar-refractivity contribution in [1.82, 2.24) is 9.55 Å². The van der Waals surface area contributed by atoms with Crippen LogP contribution >= 0.6 is 23.2 Å². The standard InChI is InChI=1S/C20H16ClFN2O2.C7H7Cl.C2H6/c1-12-8-18(26)24(11-14-4-3-7-23-10-14)20(19(12)13(2)25)16-9-15(21)5-6-17(16)22;1-6-4-2-3-5-7(6)8;1-2/h3-10H,11H2,1-2H3;2-5H,1H3;1-2H3. The molecule has 4 aromatic rings. The smallest absolute Gasteiger partial charge is 0.251 e. The zero-order chi connectivity index (χ0) is 26.8. The number of aromatic nitrogens is 2. The fourth-order valence-corrected chi connectivity index (χ4v) is 3.86. The largest absolute Gasteiger partial charge is 0.303 e. The normalized spacial score (nSPS) is 10.0. The Bertz CT molecular complexity index is 1370. The molecule has 0 saturated heterocycles. The highest BCUT2D eigenvalue weighted by Gasteiger charge is 2.21. The number of halogens is 3. The Kier molecular flexibility index (Phi) is 11.0. The van der Waals surface area contributed by atoms with E-state index >= 15 is 0 Å². The maximum Gasteiger partial charge on any atom is 0.251 e. The summed E-state index contributed by atoms with van der Waals surface area (Å²) in [6, 6.07) is 16.8. The number of aryl methyl sites for hydroxylation is 2. The Balaban J connectivity index is 0.000000384. The van der Waals surface area contributed by atoms with Gasteiger partial charge in [-0.3, -0.25) is 14.6 Å². The molecule has 0 N–H and O–H groups in total. The summed E-state index contributed by atoms with van der Waals surface area (Å²) in [6.07, 6.45) is 3.25. The molecule has 0 bridgehead atoms. The van der Waals surface area contributed by atoms with Crippen LogP contribution in [-0.2, 0) is 6.54 Å². The van der Waals surface area contributed by atoms with E-state index in [1.54, 1.807) is 25.4 Å². The molecular weight excluding hydrogens is 498 g/mol. The molecule has 2 aromatic heterocycles.